The van der Waals surface area contributed by atoms with Crippen molar-refractivity contribution in [2.75, 3.05) is 33.3 Å². The van der Waals surface area contributed by atoms with Crippen molar-refractivity contribution in [3.63, 3.8) is 0 Å². The molecule has 4 rings (SSSR count). The monoisotopic (exact) mass is 617 g/mol. The van der Waals surface area contributed by atoms with Crippen molar-refractivity contribution in [2.45, 2.75) is 13.2 Å². The SMILES string of the molecule is COC(=O)c1cc(=O)c(OCc2ccccc2)c(C(=O)NCCNCCNC(=O)c2occc(=O)c2OCc2ccccc2)o1. The van der Waals surface area contributed by atoms with Crippen LogP contribution in [0.4, 0.5) is 0 Å². The maximum Gasteiger partial charge on any atom is 0.374 e. The molecule has 3 N–H and O–H groups in total. The summed E-state index contributed by atoms with van der Waals surface area (Å²) in [5, 5.41) is 8.27. The Morgan fingerprint density at radius 2 is 1.22 bits per heavy atom. The molecule has 0 bridgehead atoms. The predicted octanol–water partition coefficient (Wildman–Crippen LogP) is 2.29. The van der Waals surface area contributed by atoms with Crippen molar-refractivity contribution in [3.05, 3.63) is 128 Å². The highest BCUT2D eigenvalue weighted by Crippen LogP contribution is 2.18. The van der Waals surface area contributed by atoms with Gasteiger partial charge in [-0.05, 0) is 11.1 Å². The zero-order chi connectivity index (χ0) is 32.0. The Labute approximate surface area is 257 Å². The van der Waals surface area contributed by atoms with E-state index in [4.69, 9.17) is 18.3 Å². The van der Waals surface area contributed by atoms with Crippen LogP contribution in [0.2, 0.25) is 0 Å². The van der Waals surface area contributed by atoms with Crippen molar-refractivity contribution in [3.8, 4) is 11.5 Å². The fourth-order valence-electron chi connectivity index (χ4n) is 3.94. The van der Waals surface area contributed by atoms with Crippen LogP contribution < -0.4 is 36.3 Å². The van der Waals surface area contributed by atoms with Crippen LogP contribution in [0, 0.1) is 0 Å². The van der Waals surface area contributed by atoms with Crippen LogP contribution in [0.1, 0.15) is 42.8 Å². The molecule has 2 heterocycles. The maximum absolute atomic E-state index is 12.9. The molecule has 2 aromatic heterocycles. The molecule has 0 fully saturated rings. The van der Waals surface area contributed by atoms with Gasteiger partial charge in [0.2, 0.25) is 39.6 Å². The molecule has 13 heteroatoms. The molecule has 2 amide bonds. The quantitative estimate of drug-likeness (QED) is 0.132. The summed E-state index contributed by atoms with van der Waals surface area (Å²) in [6.45, 7) is 0.912. The molecule has 0 saturated carbocycles. The summed E-state index contributed by atoms with van der Waals surface area (Å²) in [7, 11) is 1.12. The highest BCUT2D eigenvalue weighted by Gasteiger charge is 2.24. The van der Waals surface area contributed by atoms with Crippen molar-refractivity contribution < 1.29 is 37.4 Å². The van der Waals surface area contributed by atoms with Crippen molar-refractivity contribution in [2.24, 2.45) is 0 Å². The van der Waals surface area contributed by atoms with Gasteiger partial charge in [-0.1, -0.05) is 60.7 Å². The summed E-state index contributed by atoms with van der Waals surface area (Å²) in [6.07, 6.45) is 1.12. The van der Waals surface area contributed by atoms with E-state index in [1.807, 2.05) is 36.4 Å². The van der Waals surface area contributed by atoms with Crippen LogP contribution in [-0.4, -0.2) is 51.1 Å². The molecule has 0 aliphatic carbocycles. The number of rotatable bonds is 15. The van der Waals surface area contributed by atoms with Gasteiger partial charge in [-0.2, -0.15) is 0 Å². The highest BCUT2D eigenvalue weighted by molar-refractivity contribution is 5.95. The molecule has 0 atom stereocenters. The number of ether oxygens (including phenoxy) is 3. The van der Waals surface area contributed by atoms with Gasteiger partial charge < -0.3 is 39.0 Å². The number of hydrogen-bond acceptors (Lipinski definition) is 11. The smallest absolute Gasteiger partial charge is 0.374 e. The fourth-order valence-corrected chi connectivity index (χ4v) is 3.94. The van der Waals surface area contributed by atoms with Crippen LogP contribution in [0.3, 0.4) is 0 Å². The molecule has 0 aliphatic rings. The third kappa shape index (κ3) is 9.15. The van der Waals surface area contributed by atoms with Crippen LogP contribution in [-0.2, 0) is 18.0 Å². The second kappa shape index (κ2) is 16.2. The van der Waals surface area contributed by atoms with Gasteiger partial charge in [0.25, 0.3) is 11.8 Å². The minimum atomic E-state index is -0.927. The van der Waals surface area contributed by atoms with E-state index < -0.39 is 40.2 Å². The molecular weight excluding hydrogens is 586 g/mol. The average molecular weight is 618 g/mol. The van der Waals surface area contributed by atoms with E-state index in [0.29, 0.717) is 6.54 Å². The molecule has 4 aromatic rings. The van der Waals surface area contributed by atoms with E-state index in [0.717, 1.165) is 30.6 Å². The molecule has 234 valence electrons. The lowest BCUT2D eigenvalue weighted by Crippen LogP contribution is -2.37. The van der Waals surface area contributed by atoms with E-state index in [1.54, 1.807) is 24.3 Å². The van der Waals surface area contributed by atoms with E-state index in [9.17, 15) is 24.0 Å². The number of nitrogens with one attached hydrogen (secondary N) is 3. The number of amides is 2. The lowest BCUT2D eigenvalue weighted by molar-refractivity contribution is 0.0557. The van der Waals surface area contributed by atoms with Crippen LogP contribution in [0.15, 0.2) is 97.5 Å². The molecular formula is C32H31N3O10. The first kappa shape index (κ1) is 32.2. The minimum absolute atomic E-state index is 0.0102. The standard InChI is InChI=1S/C32H31N3O10/c1-41-32(40)25-18-24(37)27(44-20-22-10-6-3-7-11-22)29(45-25)31(39)35-16-14-33-13-15-34-30(38)28-26(23(36)12-17-42-28)43-19-21-8-4-2-5-9-21/h2-12,17-18,33H,13-16,19-20H2,1H3,(H,34,38)(H,35,39). The van der Waals surface area contributed by atoms with E-state index in [1.165, 1.54) is 6.07 Å². The van der Waals surface area contributed by atoms with E-state index in [-0.39, 0.29) is 50.1 Å². The zero-order valence-electron chi connectivity index (χ0n) is 24.3. The predicted molar refractivity (Wildman–Crippen MR) is 160 cm³/mol. The van der Waals surface area contributed by atoms with E-state index >= 15 is 0 Å². The summed E-state index contributed by atoms with van der Waals surface area (Å²) in [5.74, 6) is -4.04. The average Bonchev–Trinajstić information content (AvgIpc) is 3.06. The first-order valence-corrected chi connectivity index (χ1v) is 13.9. The van der Waals surface area contributed by atoms with Crippen molar-refractivity contribution in [1.29, 1.82) is 0 Å². The third-order valence-electron chi connectivity index (χ3n) is 6.17. The largest absolute Gasteiger partial charge is 0.481 e. The highest BCUT2D eigenvalue weighted by atomic mass is 16.5. The Hall–Kier alpha value is -5.69. The number of esters is 1. The number of methoxy groups -OCH3 is 1. The number of hydrogen-bond donors (Lipinski definition) is 3. The molecule has 0 radical (unpaired) electrons. The summed E-state index contributed by atoms with van der Waals surface area (Å²) in [5.41, 5.74) is 0.358. The molecule has 0 aliphatic heterocycles. The Morgan fingerprint density at radius 3 is 1.78 bits per heavy atom. The first-order chi connectivity index (χ1) is 21.9. The lowest BCUT2D eigenvalue weighted by Gasteiger charge is -2.12. The Morgan fingerprint density at radius 1 is 0.689 bits per heavy atom. The van der Waals surface area contributed by atoms with Crippen molar-refractivity contribution >= 4 is 17.8 Å². The number of carbonyl (C=O) groups excluding carboxylic acids is 3. The molecule has 13 nitrogen and oxygen atoms in total. The summed E-state index contributed by atoms with van der Waals surface area (Å²) in [4.78, 5) is 62.6. The Bertz CT molecular complexity index is 1720. The van der Waals surface area contributed by atoms with Gasteiger partial charge in [0.15, 0.2) is 0 Å². The molecule has 0 saturated heterocycles. The van der Waals surface area contributed by atoms with Gasteiger partial charge in [-0.25, -0.2) is 4.79 Å². The number of carbonyl (C=O) groups is 3. The van der Waals surface area contributed by atoms with Crippen LogP contribution in [0.25, 0.3) is 0 Å². The molecule has 0 unspecified atom stereocenters. The van der Waals surface area contributed by atoms with Crippen molar-refractivity contribution in [1.82, 2.24) is 16.0 Å². The van der Waals surface area contributed by atoms with E-state index in [2.05, 4.69) is 20.7 Å². The third-order valence-corrected chi connectivity index (χ3v) is 6.17. The van der Waals surface area contributed by atoms with Gasteiger partial charge in [0.1, 0.15) is 13.2 Å². The van der Waals surface area contributed by atoms with Crippen LogP contribution >= 0.6 is 0 Å². The molecule has 0 spiro atoms. The second-order valence-corrected chi connectivity index (χ2v) is 9.38. The second-order valence-electron chi connectivity index (χ2n) is 9.38. The minimum Gasteiger partial charge on any atom is -0.481 e. The van der Waals surface area contributed by atoms with Gasteiger partial charge in [0.05, 0.1) is 13.4 Å². The number of benzene rings is 2. The Kier molecular flexibility index (Phi) is 11.6. The topological polar surface area (TPSA) is 175 Å². The molecule has 2 aromatic carbocycles. The van der Waals surface area contributed by atoms with Gasteiger partial charge >= 0.3 is 5.97 Å². The summed E-state index contributed by atoms with van der Waals surface area (Å²) in [6, 6.07) is 20.2. The zero-order valence-corrected chi connectivity index (χ0v) is 24.3. The van der Waals surface area contributed by atoms with Gasteiger partial charge in [0, 0.05) is 38.3 Å². The molecule has 45 heavy (non-hydrogen) atoms. The lowest BCUT2D eigenvalue weighted by atomic mass is 10.2. The first-order valence-electron chi connectivity index (χ1n) is 13.9. The Balaban J connectivity index is 1.27. The van der Waals surface area contributed by atoms with Crippen LogP contribution in [0.5, 0.6) is 11.5 Å². The summed E-state index contributed by atoms with van der Waals surface area (Å²) < 4.78 is 26.5. The normalized spacial score (nSPS) is 10.5. The fraction of sp³-hybridized carbons (Fsp3) is 0.219. The van der Waals surface area contributed by atoms with Gasteiger partial charge in [-0.15, -0.1) is 0 Å². The maximum atomic E-state index is 12.9. The summed E-state index contributed by atoms with van der Waals surface area (Å²) >= 11 is 0. The van der Waals surface area contributed by atoms with Gasteiger partial charge in [-0.3, -0.25) is 19.2 Å².